The van der Waals surface area contributed by atoms with Gasteiger partial charge >= 0.3 is 0 Å². The molecule has 0 aliphatic carbocycles. The summed E-state index contributed by atoms with van der Waals surface area (Å²) >= 11 is 0. The third-order valence-corrected chi connectivity index (χ3v) is 1.17. The maximum Gasteiger partial charge on any atom is -0.0398 e. The Labute approximate surface area is 50.2 Å². The molecule has 0 radical (unpaired) electrons. The van der Waals surface area contributed by atoms with E-state index >= 15 is 0 Å². The lowest BCUT2D eigenvalue weighted by Crippen LogP contribution is -1.71. The van der Waals surface area contributed by atoms with Crippen molar-refractivity contribution in [3.8, 4) is 0 Å². The molecular formula is C8H10. The molecule has 42 valence electrons. The molecule has 1 aromatic rings. The first-order chi connectivity index (χ1) is 3.79. The Morgan fingerprint density at radius 2 is 1.50 bits per heavy atom. The smallest absolute Gasteiger partial charge is 0.0398 e. The van der Waals surface area contributed by atoms with E-state index in [9.17, 15) is 0 Å². The lowest BCUT2D eigenvalue weighted by Gasteiger charge is -1.90. The van der Waals surface area contributed by atoms with Crippen molar-refractivity contribution in [1.29, 1.82) is 0 Å². The van der Waals surface area contributed by atoms with Crippen LogP contribution in [0, 0.1) is 13.8 Å². The van der Waals surface area contributed by atoms with Crippen LogP contribution in [0.3, 0.4) is 0 Å². The Balaban J connectivity index is 3.08. The maximum atomic E-state index is 2.17. The van der Waals surface area contributed by atoms with Crippen molar-refractivity contribution in [1.82, 2.24) is 0 Å². The van der Waals surface area contributed by atoms with Crippen LogP contribution in [0.25, 0.3) is 0 Å². The van der Waals surface area contributed by atoms with Gasteiger partial charge in [-0.05, 0) is 13.8 Å². The van der Waals surface area contributed by atoms with Gasteiger partial charge in [0.25, 0.3) is 0 Å². The Kier molecular flexibility index (Phi) is 1.34. The van der Waals surface area contributed by atoms with E-state index in [0.717, 1.165) is 0 Å². The molecule has 0 fully saturated rings. The minimum absolute atomic E-state index is 1.34. The quantitative estimate of drug-likeness (QED) is 0.483. The van der Waals surface area contributed by atoms with Gasteiger partial charge in [-0.25, -0.2) is 0 Å². The van der Waals surface area contributed by atoms with Gasteiger partial charge in [0, 0.05) is 0 Å². The summed E-state index contributed by atoms with van der Waals surface area (Å²) in [5.41, 5.74) is 2.68. The number of benzene rings is 1. The Morgan fingerprint density at radius 1 is 1.00 bits per heavy atom. The highest BCUT2D eigenvalue weighted by Gasteiger charge is 1.80. The fourth-order valence-electron chi connectivity index (χ4n) is 0.807. The Bertz CT molecular complexity index is 160. The molecule has 0 nitrogen and oxygen atoms in total. The normalized spacial score (nSPS) is 9.25. The second kappa shape index (κ2) is 1.99. The van der Waals surface area contributed by atoms with E-state index in [1.165, 1.54) is 11.1 Å². The van der Waals surface area contributed by atoms with Crippen LogP contribution < -0.4 is 0 Å². The second-order valence-electron chi connectivity index (χ2n) is 2.16. The van der Waals surface area contributed by atoms with E-state index in [0.29, 0.717) is 0 Å². The monoisotopic (exact) mass is 112 g/mol. The minimum atomic E-state index is 1.34. The lowest BCUT2D eigenvalue weighted by atomic mass is 10.9. The summed E-state index contributed by atoms with van der Waals surface area (Å²) < 4.78 is 0. The molecular weight excluding hydrogens is 102 g/mol. The molecule has 1 aromatic carbocycles. The summed E-state index contributed by atoms with van der Waals surface area (Å²) in [5, 5.41) is 0. The zero-order valence-corrected chi connectivity index (χ0v) is 5.31. The highest BCUT2D eigenvalue weighted by molar-refractivity contribution is 5.20. The van der Waals surface area contributed by atoms with Crippen LogP contribution in [0.15, 0.2) is 24.3 Å². The van der Waals surface area contributed by atoms with E-state index in [-0.39, 0.29) is 0 Å². The van der Waals surface area contributed by atoms with Gasteiger partial charge in [0.1, 0.15) is 0 Å². The summed E-state index contributed by atoms with van der Waals surface area (Å²) in [6, 6.07) is 8.45. The molecule has 1 rings (SSSR count). The summed E-state index contributed by atoms with van der Waals surface area (Å²) in [7, 11) is 0. The highest BCUT2D eigenvalue weighted by atomic mass is 14.8. The van der Waals surface area contributed by atoms with Gasteiger partial charge in [0.15, 0.2) is 0 Å². The lowest BCUT2D eigenvalue weighted by molar-refractivity contribution is 1.39. The van der Waals surface area contributed by atoms with Gasteiger partial charge in [-0.3, -0.25) is 0 Å². The van der Waals surface area contributed by atoms with Gasteiger partial charge in [-0.2, -0.15) is 0 Å². The molecule has 0 unspecified atom stereocenters. The highest BCUT2D eigenvalue weighted by Crippen LogP contribution is 2.00. The predicted octanol–water partition coefficient (Wildman–Crippen LogP) is 2.30. The topological polar surface area (TPSA) is 0 Å². The summed E-state index contributed by atoms with van der Waals surface area (Å²) in [6.45, 7) is 4.21. The van der Waals surface area contributed by atoms with Crippen LogP contribution in [-0.2, 0) is 0 Å². The van der Waals surface area contributed by atoms with Crippen molar-refractivity contribution in [3.63, 3.8) is 0 Å². The van der Waals surface area contributed by atoms with Crippen LogP contribution in [0.2, 0.25) is 0 Å². The van der Waals surface area contributed by atoms with Crippen molar-refractivity contribution >= 4 is 0 Å². The molecule has 0 N–H and O–H groups in total. The molecule has 0 bridgehead atoms. The molecule has 0 spiro atoms. The first-order valence-electron chi connectivity index (χ1n) is 2.82. The Morgan fingerprint density at radius 3 is 1.75 bits per heavy atom. The molecule has 0 heteroatoms. The van der Waals surface area contributed by atoms with E-state index < -0.39 is 0 Å². The summed E-state index contributed by atoms with van der Waals surface area (Å²) in [6.07, 6.45) is 0. The van der Waals surface area contributed by atoms with Crippen molar-refractivity contribution in [2.75, 3.05) is 0 Å². The fourth-order valence-corrected chi connectivity index (χ4v) is 0.807. The molecule has 0 aromatic heterocycles. The van der Waals surface area contributed by atoms with Crippen molar-refractivity contribution < 1.29 is 0 Å². The molecule has 0 aliphatic rings. The molecule has 0 heterocycles. The standard InChI is InChI=1S/C8H10/c1-7-4-3-5-8(2)6-7/h3-6H,1-2H3/i3+1,4+1,5+1,6+1,7+1,8+1. The number of rotatable bonds is 0. The van der Waals surface area contributed by atoms with Crippen LogP contribution in [0.1, 0.15) is 11.1 Å². The first-order valence-corrected chi connectivity index (χ1v) is 2.82. The average molecular weight is 112 g/mol. The molecule has 0 atom stereocenters. The molecule has 0 aliphatic heterocycles. The van der Waals surface area contributed by atoms with Crippen molar-refractivity contribution in [2.45, 2.75) is 13.8 Å². The summed E-state index contributed by atoms with van der Waals surface area (Å²) in [4.78, 5) is 0. The first kappa shape index (κ1) is 5.36. The third kappa shape index (κ3) is 1.09. The number of hydrogen-bond acceptors (Lipinski definition) is 0. The van der Waals surface area contributed by atoms with Crippen LogP contribution in [0.5, 0.6) is 0 Å². The fraction of sp³-hybridized carbons (Fsp3) is 0.250. The largest absolute Gasteiger partial charge is 0.0617 e. The van der Waals surface area contributed by atoms with Crippen LogP contribution >= 0.6 is 0 Å². The van der Waals surface area contributed by atoms with Gasteiger partial charge < -0.3 is 0 Å². The van der Waals surface area contributed by atoms with E-state index in [1.54, 1.807) is 0 Å². The minimum Gasteiger partial charge on any atom is -0.0617 e. The van der Waals surface area contributed by atoms with Crippen molar-refractivity contribution in [3.05, 3.63) is 35.4 Å². The zero-order chi connectivity index (χ0) is 5.98. The van der Waals surface area contributed by atoms with E-state index in [2.05, 4.69) is 38.1 Å². The maximum absolute atomic E-state index is 2.17. The van der Waals surface area contributed by atoms with Gasteiger partial charge in [-0.1, -0.05) is 35.4 Å². The molecule has 8 heavy (non-hydrogen) atoms. The average Bonchev–Trinajstić information content (AvgIpc) is 1.64. The van der Waals surface area contributed by atoms with Gasteiger partial charge in [0.05, 0.1) is 0 Å². The third-order valence-electron chi connectivity index (χ3n) is 1.17. The molecule has 0 saturated heterocycles. The number of aryl methyl sites for hydroxylation is 2. The molecule has 0 saturated carbocycles. The van der Waals surface area contributed by atoms with E-state index in [1.807, 2.05) is 0 Å². The van der Waals surface area contributed by atoms with Crippen molar-refractivity contribution in [2.24, 2.45) is 0 Å². The number of hydrogen-bond donors (Lipinski definition) is 0. The SMILES string of the molecule is C[13c]1[13cH][13cH][13cH][13c](C)[13cH]1. The Hall–Kier alpha value is -0.780. The van der Waals surface area contributed by atoms with E-state index in [4.69, 9.17) is 0 Å². The van der Waals surface area contributed by atoms with Crippen LogP contribution in [0.4, 0.5) is 0 Å². The molecule has 0 amide bonds. The summed E-state index contributed by atoms with van der Waals surface area (Å²) in [5.74, 6) is 0. The van der Waals surface area contributed by atoms with Crippen LogP contribution in [-0.4, -0.2) is 0 Å². The van der Waals surface area contributed by atoms with Gasteiger partial charge in [-0.15, -0.1) is 0 Å². The second-order valence-corrected chi connectivity index (χ2v) is 2.16. The van der Waals surface area contributed by atoms with Gasteiger partial charge in [0.2, 0.25) is 0 Å². The predicted molar refractivity (Wildman–Crippen MR) is 35.9 cm³/mol. The zero-order valence-electron chi connectivity index (χ0n) is 5.31.